The molecule has 4 nitrogen and oxygen atoms in total. The van der Waals surface area contributed by atoms with Gasteiger partial charge in [0.2, 0.25) is 5.95 Å². The zero-order valence-corrected chi connectivity index (χ0v) is 18.0. The molecule has 0 atom stereocenters. The monoisotopic (exact) mass is 565 g/mol. The molecule has 0 unspecified atom stereocenters. The maximum absolute atomic E-state index is 9.29. The minimum atomic E-state index is 0.282. The first-order valence-corrected chi connectivity index (χ1v) is 9.88. The van der Waals surface area contributed by atoms with Gasteiger partial charge < -0.3 is 15.4 Å². The van der Waals surface area contributed by atoms with Crippen LogP contribution in [-0.2, 0) is 6.42 Å². The Morgan fingerprint density at radius 3 is 2.30 bits per heavy atom. The second-order valence-corrected chi connectivity index (χ2v) is 8.08. The lowest BCUT2D eigenvalue weighted by molar-refractivity contribution is 0.475. The smallest absolute Gasteiger partial charge is 0.201 e. The van der Waals surface area contributed by atoms with Gasteiger partial charge in [-0.1, -0.05) is 12.1 Å². The van der Waals surface area contributed by atoms with Gasteiger partial charge in [-0.15, -0.1) is 0 Å². The van der Waals surface area contributed by atoms with E-state index in [1.165, 1.54) is 0 Å². The third-order valence-corrected chi connectivity index (χ3v) is 8.10. The molecule has 0 amide bonds. The molecule has 0 bridgehead atoms. The summed E-state index contributed by atoms with van der Waals surface area (Å²) in [5.74, 6) is 0.995. The fourth-order valence-corrected chi connectivity index (χ4v) is 4.45. The molecule has 0 saturated heterocycles. The number of nitrogens with one attached hydrogen (secondary N) is 2. The number of aromatic hydroxyl groups is 1. The van der Waals surface area contributed by atoms with Crippen molar-refractivity contribution in [1.82, 2.24) is 9.97 Å². The maximum Gasteiger partial charge on any atom is 0.201 e. The molecule has 3 rings (SSSR count). The Labute approximate surface area is 166 Å². The van der Waals surface area contributed by atoms with Gasteiger partial charge in [-0.25, -0.2) is 4.98 Å². The van der Waals surface area contributed by atoms with E-state index in [1.54, 1.807) is 12.1 Å². The minimum absolute atomic E-state index is 0.282. The van der Waals surface area contributed by atoms with E-state index < -0.39 is 0 Å². The zero-order chi connectivity index (χ0) is 16.6. The quantitative estimate of drug-likeness (QED) is 0.268. The number of fused-ring (bicyclic) bond motifs is 1. The summed E-state index contributed by atoms with van der Waals surface area (Å²) in [5.41, 5.74) is 2.91. The Hall–Kier alpha value is -0.570. The summed E-state index contributed by atoms with van der Waals surface area (Å²) in [6.45, 7) is 0.738. The molecule has 0 spiro atoms. The number of rotatable bonds is 4. The number of nitrogens with zero attached hydrogens (tertiary/aromatic N) is 1. The number of phenolic OH excluding ortho intramolecular Hbond substituents is 1. The molecule has 3 aromatic rings. The number of imidazole rings is 1. The highest BCUT2D eigenvalue weighted by Crippen LogP contribution is 2.42. The van der Waals surface area contributed by atoms with Crippen LogP contribution in [0, 0.1) is 0 Å². The van der Waals surface area contributed by atoms with Crippen LogP contribution < -0.4 is 5.32 Å². The molecule has 0 saturated carbocycles. The Morgan fingerprint density at radius 2 is 1.61 bits per heavy atom. The van der Waals surface area contributed by atoms with E-state index >= 15 is 0 Å². The fourth-order valence-electron chi connectivity index (χ4n) is 2.17. The SMILES string of the molecule is Oc1ccc(CCNc2nc3c(Br)c(Br)c(Br)c(Br)c3[nH]2)cc1. The zero-order valence-electron chi connectivity index (χ0n) is 11.6. The normalized spacial score (nSPS) is 11.1. The van der Waals surface area contributed by atoms with Crippen molar-refractivity contribution >= 4 is 80.7 Å². The first-order valence-electron chi connectivity index (χ1n) is 6.71. The van der Waals surface area contributed by atoms with Gasteiger partial charge in [-0.3, -0.25) is 0 Å². The molecule has 3 N–H and O–H groups in total. The summed E-state index contributed by atoms with van der Waals surface area (Å²) in [5, 5.41) is 12.6. The average Bonchev–Trinajstić information content (AvgIpc) is 2.97. The van der Waals surface area contributed by atoms with E-state index in [1.807, 2.05) is 12.1 Å². The highest BCUT2D eigenvalue weighted by molar-refractivity contribution is 9.15. The first kappa shape index (κ1) is 17.3. The predicted octanol–water partition coefficient (Wildman–Crippen LogP) is 5.97. The van der Waals surface area contributed by atoms with Crippen molar-refractivity contribution in [3.05, 3.63) is 47.7 Å². The van der Waals surface area contributed by atoms with Crippen LogP contribution in [0.2, 0.25) is 0 Å². The summed E-state index contributed by atoms with van der Waals surface area (Å²) < 4.78 is 3.65. The van der Waals surface area contributed by atoms with Crippen molar-refractivity contribution in [2.45, 2.75) is 6.42 Å². The predicted molar refractivity (Wildman–Crippen MR) is 107 cm³/mol. The van der Waals surface area contributed by atoms with E-state index in [-0.39, 0.29) is 5.75 Å². The number of aromatic amines is 1. The van der Waals surface area contributed by atoms with Gasteiger partial charge >= 0.3 is 0 Å². The number of aromatic nitrogens is 2. The molecule has 8 heteroatoms. The first-order chi connectivity index (χ1) is 11.0. The van der Waals surface area contributed by atoms with E-state index in [0.29, 0.717) is 5.95 Å². The van der Waals surface area contributed by atoms with Gasteiger partial charge in [0.1, 0.15) is 11.3 Å². The molecule has 1 aromatic heterocycles. The summed E-state index contributed by atoms with van der Waals surface area (Å²) in [7, 11) is 0. The van der Waals surface area contributed by atoms with Crippen LogP contribution in [0.1, 0.15) is 5.56 Å². The molecule has 23 heavy (non-hydrogen) atoms. The summed E-state index contributed by atoms with van der Waals surface area (Å²) in [4.78, 5) is 7.86. The number of benzene rings is 2. The number of hydrogen-bond acceptors (Lipinski definition) is 3. The Morgan fingerprint density at radius 1 is 0.957 bits per heavy atom. The number of anilines is 1. The molecule has 2 aromatic carbocycles. The van der Waals surface area contributed by atoms with E-state index in [9.17, 15) is 5.11 Å². The highest BCUT2D eigenvalue weighted by Gasteiger charge is 2.17. The largest absolute Gasteiger partial charge is 0.508 e. The van der Waals surface area contributed by atoms with Crippen molar-refractivity contribution in [3.8, 4) is 5.75 Å². The van der Waals surface area contributed by atoms with Crippen LogP contribution in [0.15, 0.2) is 42.2 Å². The van der Waals surface area contributed by atoms with Gasteiger partial charge in [0.25, 0.3) is 0 Å². The molecule has 0 radical (unpaired) electrons. The molecule has 1 heterocycles. The van der Waals surface area contributed by atoms with Gasteiger partial charge in [-0.05, 0) is 87.8 Å². The molecule has 0 aliphatic heterocycles. The lowest BCUT2D eigenvalue weighted by atomic mass is 10.1. The second-order valence-electron chi connectivity index (χ2n) is 4.91. The molecule has 0 aliphatic rings. The van der Waals surface area contributed by atoms with Crippen molar-refractivity contribution in [3.63, 3.8) is 0 Å². The second kappa shape index (κ2) is 7.13. The molecular formula is C15H11Br4N3O. The maximum atomic E-state index is 9.29. The Balaban J connectivity index is 1.77. The lowest BCUT2D eigenvalue weighted by Gasteiger charge is -2.03. The van der Waals surface area contributed by atoms with Gasteiger partial charge in [-0.2, -0.15) is 0 Å². The molecule has 0 aliphatic carbocycles. The van der Waals surface area contributed by atoms with E-state index in [2.05, 4.69) is 79.0 Å². The Kier molecular flexibility index (Phi) is 5.35. The van der Waals surface area contributed by atoms with Crippen LogP contribution in [0.25, 0.3) is 11.0 Å². The van der Waals surface area contributed by atoms with Crippen LogP contribution in [-0.4, -0.2) is 21.6 Å². The summed E-state index contributed by atoms with van der Waals surface area (Å²) in [6.07, 6.45) is 0.840. The van der Waals surface area contributed by atoms with Gasteiger partial charge in [0.05, 0.1) is 14.5 Å². The van der Waals surface area contributed by atoms with Crippen LogP contribution >= 0.6 is 63.7 Å². The third kappa shape index (κ3) is 3.60. The molecular weight excluding hydrogens is 558 g/mol. The third-order valence-electron chi connectivity index (χ3n) is 3.35. The minimum Gasteiger partial charge on any atom is -0.508 e. The van der Waals surface area contributed by atoms with E-state index in [4.69, 9.17) is 0 Å². The number of halogens is 4. The highest BCUT2D eigenvalue weighted by atomic mass is 79.9. The van der Waals surface area contributed by atoms with Crippen molar-refractivity contribution < 1.29 is 5.11 Å². The van der Waals surface area contributed by atoms with Crippen LogP contribution in [0.4, 0.5) is 5.95 Å². The summed E-state index contributed by atoms with van der Waals surface area (Å²) in [6, 6.07) is 7.22. The van der Waals surface area contributed by atoms with E-state index in [0.717, 1.165) is 47.5 Å². The molecule has 0 fully saturated rings. The van der Waals surface area contributed by atoms with Crippen LogP contribution in [0.3, 0.4) is 0 Å². The number of phenols is 1. The average molecular weight is 569 g/mol. The van der Waals surface area contributed by atoms with Crippen molar-refractivity contribution in [2.75, 3.05) is 11.9 Å². The lowest BCUT2D eigenvalue weighted by Crippen LogP contribution is -2.05. The summed E-state index contributed by atoms with van der Waals surface area (Å²) >= 11 is 14.2. The number of hydrogen-bond donors (Lipinski definition) is 3. The van der Waals surface area contributed by atoms with Gasteiger partial charge in [0, 0.05) is 15.5 Å². The Bertz CT molecular complexity index is 817. The van der Waals surface area contributed by atoms with Gasteiger partial charge in [0.15, 0.2) is 0 Å². The standard InChI is InChI=1S/C15H11Br4N3O/c16-9-10(17)12(19)14-13(11(9)18)21-15(22-14)20-6-5-7-1-3-8(23)4-2-7/h1-4,23H,5-6H2,(H2,20,21,22). The number of H-pyrrole nitrogens is 1. The van der Waals surface area contributed by atoms with Crippen molar-refractivity contribution in [1.29, 1.82) is 0 Å². The van der Waals surface area contributed by atoms with Crippen LogP contribution in [0.5, 0.6) is 5.75 Å². The fraction of sp³-hybridized carbons (Fsp3) is 0.133. The molecule has 120 valence electrons. The topological polar surface area (TPSA) is 60.9 Å². The van der Waals surface area contributed by atoms with Crippen molar-refractivity contribution in [2.24, 2.45) is 0 Å².